The van der Waals surface area contributed by atoms with Gasteiger partial charge in [0.15, 0.2) is 4.80 Å². The summed E-state index contributed by atoms with van der Waals surface area (Å²) < 4.78 is 14.9. The van der Waals surface area contributed by atoms with E-state index in [1.54, 1.807) is 32.3 Å². The summed E-state index contributed by atoms with van der Waals surface area (Å²) in [5.74, 6) is -0.728. The van der Waals surface area contributed by atoms with E-state index in [0.717, 1.165) is 15.8 Å². The van der Waals surface area contributed by atoms with E-state index in [4.69, 9.17) is 9.47 Å². The van der Waals surface area contributed by atoms with Gasteiger partial charge in [-0.05, 0) is 39.0 Å². The van der Waals surface area contributed by atoms with Crippen LogP contribution < -0.4 is 4.80 Å². The summed E-state index contributed by atoms with van der Waals surface area (Å²) in [4.78, 5) is 29.8. The molecule has 8 nitrogen and oxygen atoms in total. The Morgan fingerprint density at radius 2 is 2.03 bits per heavy atom. The zero-order valence-corrected chi connectivity index (χ0v) is 17.8. The van der Waals surface area contributed by atoms with E-state index in [2.05, 4.69) is 10.1 Å². The number of fused-ring (bicyclic) bond motifs is 1. The van der Waals surface area contributed by atoms with E-state index in [1.165, 1.54) is 16.0 Å². The van der Waals surface area contributed by atoms with Crippen LogP contribution in [0.2, 0.25) is 0 Å². The zero-order chi connectivity index (χ0) is 21.0. The SMILES string of the molecule is CCOCCn1c(=NC(=O)c2c(C)cnn2C)sc2cc(C(=O)OCC)ccc21. The highest BCUT2D eigenvalue weighted by atomic mass is 32.1. The van der Waals surface area contributed by atoms with E-state index in [0.29, 0.717) is 42.4 Å². The highest BCUT2D eigenvalue weighted by molar-refractivity contribution is 7.16. The molecule has 0 aliphatic heterocycles. The van der Waals surface area contributed by atoms with Gasteiger partial charge in [-0.15, -0.1) is 0 Å². The summed E-state index contributed by atoms with van der Waals surface area (Å²) in [6, 6.07) is 5.35. The van der Waals surface area contributed by atoms with Gasteiger partial charge in [-0.1, -0.05) is 11.3 Å². The number of carbonyl (C=O) groups excluding carboxylic acids is 2. The van der Waals surface area contributed by atoms with Crippen LogP contribution in [0.15, 0.2) is 29.4 Å². The molecule has 0 atom stereocenters. The van der Waals surface area contributed by atoms with Crippen molar-refractivity contribution in [1.82, 2.24) is 14.3 Å². The normalized spacial score (nSPS) is 11.9. The van der Waals surface area contributed by atoms with Crippen molar-refractivity contribution in [2.75, 3.05) is 19.8 Å². The summed E-state index contributed by atoms with van der Waals surface area (Å²) >= 11 is 1.35. The lowest BCUT2D eigenvalue weighted by molar-refractivity contribution is 0.0526. The predicted octanol–water partition coefficient (Wildman–Crippen LogP) is 2.70. The van der Waals surface area contributed by atoms with E-state index in [-0.39, 0.29) is 11.9 Å². The minimum absolute atomic E-state index is 0.314. The van der Waals surface area contributed by atoms with Gasteiger partial charge in [0.25, 0.3) is 5.91 Å². The van der Waals surface area contributed by atoms with E-state index in [1.807, 2.05) is 24.5 Å². The predicted molar refractivity (Wildman–Crippen MR) is 110 cm³/mol. The summed E-state index contributed by atoms with van der Waals surface area (Å²) in [5, 5.41) is 4.11. The van der Waals surface area contributed by atoms with E-state index in [9.17, 15) is 9.59 Å². The van der Waals surface area contributed by atoms with Gasteiger partial charge in [-0.25, -0.2) is 4.79 Å². The minimum Gasteiger partial charge on any atom is -0.462 e. The molecule has 0 saturated heterocycles. The second-order valence-electron chi connectivity index (χ2n) is 6.35. The second-order valence-corrected chi connectivity index (χ2v) is 7.36. The molecule has 3 rings (SSSR count). The molecule has 9 heteroatoms. The lowest BCUT2D eigenvalue weighted by Crippen LogP contribution is -2.20. The van der Waals surface area contributed by atoms with Gasteiger partial charge in [0.05, 0.1) is 35.2 Å². The number of amides is 1. The van der Waals surface area contributed by atoms with E-state index >= 15 is 0 Å². The Bertz CT molecular complexity index is 1090. The molecule has 29 heavy (non-hydrogen) atoms. The number of ether oxygens (including phenoxy) is 2. The summed E-state index contributed by atoms with van der Waals surface area (Å²) in [5.41, 5.74) is 2.58. The number of benzene rings is 1. The third kappa shape index (κ3) is 4.46. The zero-order valence-electron chi connectivity index (χ0n) is 17.0. The summed E-state index contributed by atoms with van der Waals surface area (Å²) in [6.07, 6.45) is 1.64. The van der Waals surface area contributed by atoms with Crippen molar-refractivity contribution in [3.63, 3.8) is 0 Å². The Morgan fingerprint density at radius 3 is 2.69 bits per heavy atom. The average Bonchev–Trinajstić information content (AvgIpc) is 3.20. The maximum absolute atomic E-state index is 12.8. The molecule has 1 amide bonds. The fourth-order valence-corrected chi connectivity index (χ4v) is 4.10. The molecule has 0 N–H and O–H groups in total. The Labute approximate surface area is 172 Å². The number of esters is 1. The molecule has 0 aliphatic carbocycles. The Balaban J connectivity index is 2.09. The quantitative estimate of drug-likeness (QED) is 0.437. The first-order valence-electron chi connectivity index (χ1n) is 9.42. The number of hydrogen-bond donors (Lipinski definition) is 0. The number of thiazole rings is 1. The van der Waals surface area contributed by atoms with Crippen molar-refractivity contribution < 1.29 is 19.1 Å². The van der Waals surface area contributed by atoms with Crippen molar-refractivity contribution in [2.45, 2.75) is 27.3 Å². The van der Waals surface area contributed by atoms with Crippen molar-refractivity contribution >= 4 is 33.4 Å². The monoisotopic (exact) mass is 416 g/mol. The lowest BCUT2D eigenvalue weighted by atomic mass is 10.2. The van der Waals surface area contributed by atoms with Crippen LogP contribution in [0.1, 0.15) is 40.3 Å². The third-order valence-corrected chi connectivity index (χ3v) is 5.42. The third-order valence-electron chi connectivity index (χ3n) is 4.38. The first-order chi connectivity index (χ1) is 14.0. The molecule has 0 radical (unpaired) electrons. The topological polar surface area (TPSA) is 87.7 Å². The number of rotatable bonds is 7. The number of aromatic nitrogens is 3. The van der Waals surface area contributed by atoms with Gasteiger partial charge in [-0.2, -0.15) is 10.1 Å². The van der Waals surface area contributed by atoms with Crippen LogP contribution in [0.5, 0.6) is 0 Å². The maximum atomic E-state index is 12.8. The molecule has 3 aromatic rings. The smallest absolute Gasteiger partial charge is 0.338 e. The van der Waals surface area contributed by atoms with Crippen LogP contribution >= 0.6 is 11.3 Å². The van der Waals surface area contributed by atoms with Crippen LogP contribution in [-0.2, 0) is 23.1 Å². The van der Waals surface area contributed by atoms with Crippen molar-refractivity contribution in [2.24, 2.45) is 12.0 Å². The van der Waals surface area contributed by atoms with E-state index < -0.39 is 0 Å². The van der Waals surface area contributed by atoms with Gasteiger partial charge in [-0.3, -0.25) is 9.48 Å². The molecule has 2 heterocycles. The second kappa shape index (κ2) is 9.15. The molecule has 154 valence electrons. The van der Waals surface area contributed by atoms with Crippen LogP contribution in [0.3, 0.4) is 0 Å². The first-order valence-corrected chi connectivity index (χ1v) is 10.2. The molecule has 0 saturated carbocycles. The van der Waals surface area contributed by atoms with Crippen LogP contribution in [0.4, 0.5) is 0 Å². The molecule has 0 bridgehead atoms. The van der Waals surface area contributed by atoms with Crippen LogP contribution in [0.25, 0.3) is 10.2 Å². The van der Waals surface area contributed by atoms with Gasteiger partial charge in [0.2, 0.25) is 0 Å². The minimum atomic E-state index is -0.372. The number of carbonyl (C=O) groups is 2. The van der Waals surface area contributed by atoms with Gasteiger partial charge in [0, 0.05) is 25.8 Å². The maximum Gasteiger partial charge on any atom is 0.338 e. The van der Waals surface area contributed by atoms with Crippen molar-refractivity contribution in [3.05, 3.63) is 46.0 Å². The Kier molecular flexibility index (Phi) is 6.60. The summed E-state index contributed by atoms with van der Waals surface area (Å²) in [6.45, 7) is 7.49. The molecule has 0 unspecified atom stereocenters. The fourth-order valence-electron chi connectivity index (χ4n) is 3.01. The fraction of sp³-hybridized carbons (Fsp3) is 0.400. The molecule has 2 aromatic heterocycles. The van der Waals surface area contributed by atoms with Crippen LogP contribution in [-0.4, -0.2) is 46.0 Å². The Morgan fingerprint density at radius 1 is 1.24 bits per heavy atom. The molecular weight excluding hydrogens is 392 g/mol. The summed E-state index contributed by atoms with van der Waals surface area (Å²) in [7, 11) is 1.72. The van der Waals surface area contributed by atoms with Gasteiger partial charge < -0.3 is 14.0 Å². The average molecular weight is 417 g/mol. The molecule has 0 fully saturated rings. The van der Waals surface area contributed by atoms with Crippen LogP contribution in [0, 0.1) is 6.92 Å². The Hall–Kier alpha value is -2.78. The van der Waals surface area contributed by atoms with Crippen molar-refractivity contribution in [1.29, 1.82) is 0 Å². The molecule has 0 spiro atoms. The van der Waals surface area contributed by atoms with Gasteiger partial charge >= 0.3 is 5.97 Å². The number of hydrogen-bond acceptors (Lipinski definition) is 6. The largest absolute Gasteiger partial charge is 0.462 e. The highest BCUT2D eigenvalue weighted by Gasteiger charge is 2.16. The highest BCUT2D eigenvalue weighted by Crippen LogP contribution is 2.20. The van der Waals surface area contributed by atoms with Crippen molar-refractivity contribution in [3.8, 4) is 0 Å². The van der Waals surface area contributed by atoms with Gasteiger partial charge in [0.1, 0.15) is 5.69 Å². The first kappa shape index (κ1) is 20.9. The molecular formula is C20H24N4O4S. The number of nitrogens with zero attached hydrogens (tertiary/aromatic N) is 4. The standard InChI is InChI=1S/C20H24N4O4S/c1-5-27-10-9-24-15-8-7-14(19(26)28-6-2)11-16(15)29-20(24)22-18(25)17-13(3)12-21-23(17)4/h7-8,11-12H,5-6,9-10H2,1-4H3. The lowest BCUT2D eigenvalue weighted by Gasteiger charge is -2.06. The molecule has 1 aromatic carbocycles. The molecule has 0 aliphatic rings. The number of aryl methyl sites for hydroxylation is 2.